The van der Waals surface area contributed by atoms with E-state index in [2.05, 4.69) is 57.3 Å². The van der Waals surface area contributed by atoms with E-state index in [9.17, 15) is 0 Å². The summed E-state index contributed by atoms with van der Waals surface area (Å²) in [5, 5.41) is 3.78. The number of anilines is 1. The van der Waals surface area contributed by atoms with Crippen molar-refractivity contribution in [3.8, 4) is 5.75 Å². The van der Waals surface area contributed by atoms with E-state index < -0.39 is 0 Å². The van der Waals surface area contributed by atoms with Crippen molar-refractivity contribution < 1.29 is 4.74 Å². The molecule has 1 atom stereocenters. The fourth-order valence-electron chi connectivity index (χ4n) is 3.75. The van der Waals surface area contributed by atoms with Gasteiger partial charge in [0.05, 0.1) is 0 Å². The van der Waals surface area contributed by atoms with Crippen LogP contribution in [0, 0.1) is 0 Å². The third-order valence-electron chi connectivity index (χ3n) is 5.16. The van der Waals surface area contributed by atoms with Crippen LogP contribution < -0.4 is 10.1 Å². The lowest BCUT2D eigenvalue weighted by Crippen LogP contribution is -2.37. The van der Waals surface area contributed by atoms with E-state index in [1.807, 2.05) is 0 Å². The van der Waals surface area contributed by atoms with Gasteiger partial charge in [0.1, 0.15) is 11.4 Å². The van der Waals surface area contributed by atoms with Crippen LogP contribution >= 0.6 is 0 Å². The summed E-state index contributed by atoms with van der Waals surface area (Å²) in [5.41, 5.74) is 3.82. The van der Waals surface area contributed by atoms with Gasteiger partial charge in [0.15, 0.2) is 0 Å². The molecule has 0 spiro atoms. The van der Waals surface area contributed by atoms with Gasteiger partial charge in [-0.05, 0) is 82.7 Å². The van der Waals surface area contributed by atoms with Crippen molar-refractivity contribution in [1.82, 2.24) is 0 Å². The Kier molecular flexibility index (Phi) is 4.44. The topological polar surface area (TPSA) is 21.3 Å². The molecule has 0 fully saturated rings. The highest BCUT2D eigenvalue weighted by Crippen LogP contribution is 2.41. The lowest BCUT2D eigenvalue weighted by Gasteiger charge is -2.38. The average molecular weight is 313 g/mol. The minimum atomic E-state index is -0.153. The SMILES string of the molecule is CCCCCc1cc2c3c(c1)OC(C)(C=C3)CCCC(C)(C)N2. The number of unbranched alkanes of at least 4 members (excludes halogenated alkanes) is 2. The van der Waals surface area contributed by atoms with Crippen LogP contribution in [0.3, 0.4) is 0 Å². The van der Waals surface area contributed by atoms with Crippen molar-refractivity contribution >= 4 is 11.8 Å². The van der Waals surface area contributed by atoms with E-state index in [-0.39, 0.29) is 11.1 Å². The second kappa shape index (κ2) is 6.22. The van der Waals surface area contributed by atoms with E-state index in [1.54, 1.807) is 0 Å². The summed E-state index contributed by atoms with van der Waals surface area (Å²) in [6.45, 7) is 9.10. The maximum Gasteiger partial charge on any atom is 0.130 e. The number of nitrogens with one attached hydrogen (secondary N) is 1. The zero-order valence-electron chi connectivity index (χ0n) is 15.2. The van der Waals surface area contributed by atoms with Gasteiger partial charge in [-0.2, -0.15) is 0 Å². The molecule has 3 aliphatic rings. The maximum absolute atomic E-state index is 6.42. The van der Waals surface area contributed by atoms with Gasteiger partial charge in [0, 0.05) is 16.8 Å². The zero-order chi connectivity index (χ0) is 16.5. The Bertz CT molecular complexity index is 602. The Balaban J connectivity index is 1.99. The number of benzene rings is 1. The van der Waals surface area contributed by atoms with E-state index in [0.717, 1.165) is 25.0 Å². The number of aryl methyl sites for hydroxylation is 1. The molecule has 2 nitrogen and oxygen atoms in total. The van der Waals surface area contributed by atoms with Gasteiger partial charge < -0.3 is 10.1 Å². The molecule has 3 heterocycles. The van der Waals surface area contributed by atoms with E-state index in [4.69, 9.17) is 4.74 Å². The summed E-state index contributed by atoms with van der Waals surface area (Å²) in [6.07, 6.45) is 12.9. The molecule has 0 radical (unpaired) electrons. The molecule has 1 unspecified atom stereocenters. The number of hydrogen-bond acceptors (Lipinski definition) is 2. The van der Waals surface area contributed by atoms with Crippen LogP contribution in [0.2, 0.25) is 0 Å². The van der Waals surface area contributed by atoms with E-state index >= 15 is 0 Å². The van der Waals surface area contributed by atoms with Gasteiger partial charge in [-0.3, -0.25) is 0 Å². The predicted octanol–water partition coefficient (Wildman–Crippen LogP) is 5.96. The third kappa shape index (κ3) is 3.73. The Morgan fingerprint density at radius 2 is 1.96 bits per heavy atom. The molecular weight excluding hydrogens is 282 g/mol. The van der Waals surface area contributed by atoms with Crippen molar-refractivity contribution in [2.75, 3.05) is 5.32 Å². The average Bonchev–Trinajstić information content (AvgIpc) is 2.45. The summed E-state index contributed by atoms with van der Waals surface area (Å²) in [7, 11) is 0. The van der Waals surface area contributed by atoms with Gasteiger partial charge in [0.2, 0.25) is 0 Å². The highest BCUT2D eigenvalue weighted by molar-refractivity contribution is 5.75. The summed E-state index contributed by atoms with van der Waals surface area (Å²) in [4.78, 5) is 0. The van der Waals surface area contributed by atoms with Crippen molar-refractivity contribution in [2.45, 2.75) is 83.8 Å². The van der Waals surface area contributed by atoms with Crippen molar-refractivity contribution in [1.29, 1.82) is 0 Å². The van der Waals surface area contributed by atoms with Crippen LogP contribution in [0.15, 0.2) is 18.2 Å². The number of ether oxygens (including phenoxy) is 1. The second-order valence-electron chi connectivity index (χ2n) is 8.12. The second-order valence-corrected chi connectivity index (χ2v) is 8.12. The fraction of sp³-hybridized carbons (Fsp3) is 0.619. The van der Waals surface area contributed by atoms with Crippen molar-refractivity contribution in [2.24, 2.45) is 0 Å². The molecule has 0 saturated carbocycles. The number of fused-ring (bicyclic) bond motifs is 4. The monoisotopic (exact) mass is 313 g/mol. The maximum atomic E-state index is 6.42. The molecule has 0 aliphatic carbocycles. The van der Waals surface area contributed by atoms with Gasteiger partial charge >= 0.3 is 0 Å². The molecular formula is C21H31NO. The Labute approximate surface area is 141 Å². The Hall–Kier alpha value is -1.44. The Morgan fingerprint density at radius 3 is 2.74 bits per heavy atom. The Morgan fingerprint density at radius 1 is 1.13 bits per heavy atom. The summed E-state index contributed by atoms with van der Waals surface area (Å²) in [5.74, 6) is 1.06. The van der Waals surface area contributed by atoms with Crippen LogP contribution in [0.4, 0.5) is 5.69 Å². The minimum absolute atomic E-state index is 0.123. The lowest BCUT2D eigenvalue weighted by atomic mass is 9.87. The molecule has 0 saturated heterocycles. The van der Waals surface area contributed by atoms with Gasteiger partial charge in [0.25, 0.3) is 0 Å². The lowest BCUT2D eigenvalue weighted by molar-refractivity contribution is 0.121. The quantitative estimate of drug-likeness (QED) is 0.693. The standard InChI is InChI=1S/C21H31NO/c1-5-6-7-9-16-14-18-17-10-13-21(4,23-19(17)15-16)12-8-11-20(2,3)22-18/h10,13-15,22H,5-9,11-12H2,1-4H3. The van der Waals surface area contributed by atoms with E-state index in [1.165, 1.54) is 42.5 Å². The molecule has 1 aromatic carbocycles. The molecule has 2 heteroatoms. The van der Waals surface area contributed by atoms with Crippen LogP contribution in [-0.4, -0.2) is 11.1 Å². The molecule has 1 N–H and O–H groups in total. The first kappa shape index (κ1) is 16.4. The smallest absolute Gasteiger partial charge is 0.130 e. The van der Waals surface area contributed by atoms with Crippen LogP contribution in [0.25, 0.3) is 6.08 Å². The zero-order valence-corrected chi connectivity index (χ0v) is 15.2. The first-order chi connectivity index (χ1) is 10.9. The molecule has 4 bridgehead atoms. The van der Waals surface area contributed by atoms with Crippen LogP contribution in [-0.2, 0) is 6.42 Å². The number of hydrogen-bond donors (Lipinski definition) is 1. The predicted molar refractivity (Wildman–Crippen MR) is 99.3 cm³/mol. The summed E-state index contributed by atoms with van der Waals surface area (Å²) < 4.78 is 6.42. The highest BCUT2D eigenvalue weighted by atomic mass is 16.5. The first-order valence-electron chi connectivity index (χ1n) is 9.24. The largest absolute Gasteiger partial charge is 0.483 e. The molecule has 126 valence electrons. The first-order valence-corrected chi connectivity index (χ1v) is 9.24. The molecule has 0 amide bonds. The fourth-order valence-corrected chi connectivity index (χ4v) is 3.75. The third-order valence-corrected chi connectivity index (χ3v) is 5.16. The van der Waals surface area contributed by atoms with E-state index in [0.29, 0.717) is 0 Å². The van der Waals surface area contributed by atoms with Crippen molar-refractivity contribution in [3.05, 3.63) is 29.3 Å². The molecule has 3 aliphatic heterocycles. The van der Waals surface area contributed by atoms with Crippen LogP contribution in [0.1, 0.15) is 77.3 Å². The molecule has 0 aromatic heterocycles. The number of rotatable bonds is 4. The van der Waals surface area contributed by atoms with Crippen LogP contribution in [0.5, 0.6) is 5.75 Å². The van der Waals surface area contributed by atoms with Gasteiger partial charge in [-0.1, -0.05) is 19.8 Å². The summed E-state index contributed by atoms with van der Waals surface area (Å²) in [6, 6.07) is 4.61. The highest BCUT2D eigenvalue weighted by Gasteiger charge is 2.32. The summed E-state index contributed by atoms with van der Waals surface area (Å²) >= 11 is 0. The van der Waals surface area contributed by atoms with Gasteiger partial charge in [-0.25, -0.2) is 0 Å². The molecule has 4 rings (SSSR count). The van der Waals surface area contributed by atoms with Gasteiger partial charge in [-0.15, -0.1) is 0 Å². The molecule has 1 aromatic rings. The minimum Gasteiger partial charge on any atom is -0.483 e. The van der Waals surface area contributed by atoms with Crippen molar-refractivity contribution in [3.63, 3.8) is 0 Å². The molecule has 23 heavy (non-hydrogen) atoms. The normalized spacial score (nSPS) is 24.9.